The van der Waals surface area contributed by atoms with Gasteiger partial charge in [-0.2, -0.15) is 5.26 Å². The van der Waals surface area contributed by atoms with Gasteiger partial charge in [-0.25, -0.2) is 0 Å². The molecule has 5 heteroatoms. The van der Waals surface area contributed by atoms with E-state index in [1.54, 1.807) is 12.1 Å². The molecule has 0 spiro atoms. The Kier molecular flexibility index (Phi) is 4.43. The van der Waals surface area contributed by atoms with E-state index in [1.165, 1.54) is 0 Å². The van der Waals surface area contributed by atoms with Crippen molar-refractivity contribution in [3.8, 4) is 6.07 Å². The fraction of sp³-hybridized carbons (Fsp3) is 0.429. The van der Waals surface area contributed by atoms with Crippen molar-refractivity contribution in [3.05, 3.63) is 28.2 Å². The fourth-order valence-electron chi connectivity index (χ4n) is 2.50. The molecule has 1 aliphatic carbocycles. The van der Waals surface area contributed by atoms with Gasteiger partial charge >= 0.3 is 5.97 Å². The number of nitrogens with one attached hydrogen (secondary N) is 1. The minimum atomic E-state index is -0.734. The smallest absolute Gasteiger partial charge is 0.308 e. The summed E-state index contributed by atoms with van der Waals surface area (Å²) < 4.78 is 0.793. The number of hydrogen-bond donors (Lipinski definition) is 2. The summed E-state index contributed by atoms with van der Waals surface area (Å²) >= 11 is 3.41. The number of nitriles is 1. The largest absolute Gasteiger partial charge is 0.481 e. The topological polar surface area (TPSA) is 73.1 Å². The van der Waals surface area contributed by atoms with Gasteiger partial charge in [-0.15, -0.1) is 0 Å². The molecule has 2 rings (SSSR count). The van der Waals surface area contributed by atoms with E-state index in [4.69, 9.17) is 5.26 Å². The summed E-state index contributed by atoms with van der Waals surface area (Å²) in [6, 6.07) is 7.31. The van der Waals surface area contributed by atoms with Crippen molar-refractivity contribution >= 4 is 27.6 Å². The van der Waals surface area contributed by atoms with E-state index >= 15 is 0 Å². The lowest BCUT2D eigenvalue weighted by Crippen LogP contribution is -2.37. The van der Waals surface area contributed by atoms with Crippen LogP contribution in [0.5, 0.6) is 0 Å². The van der Waals surface area contributed by atoms with Crippen LogP contribution in [0.2, 0.25) is 0 Å². The second kappa shape index (κ2) is 6.07. The van der Waals surface area contributed by atoms with Gasteiger partial charge in [0.1, 0.15) is 0 Å². The minimum absolute atomic E-state index is 0.0458. The Morgan fingerprint density at radius 2 is 2.16 bits per heavy atom. The summed E-state index contributed by atoms with van der Waals surface area (Å²) in [5, 5.41) is 21.4. The van der Waals surface area contributed by atoms with Gasteiger partial charge in [-0.05, 0) is 47.0 Å². The monoisotopic (exact) mass is 322 g/mol. The van der Waals surface area contributed by atoms with Crippen LogP contribution in [0.3, 0.4) is 0 Å². The van der Waals surface area contributed by atoms with Gasteiger partial charge in [-0.1, -0.05) is 12.8 Å². The molecule has 0 bridgehead atoms. The number of aliphatic carboxylic acids is 1. The van der Waals surface area contributed by atoms with Crippen LogP contribution in [-0.4, -0.2) is 17.1 Å². The molecule has 0 radical (unpaired) electrons. The molecule has 0 saturated heterocycles. The number of carboxylic acid groups (broad SMARTS) is 1. The first-order chi connectivity index (χ1) is 9.11. The van der Waals surface area contributed by atoms with Crippen LogP contribution in [-0.2, 0) is 4.79 Å². The van der Waals surface area contributed by atoms with Crippen LogP contribution in [0, 0.1) is 17.2 Å². The third-order valence-electron chi connectivity index (χ3n) is 3.52. The number of halogens is 1. The molecule has 1 aromatic carbocycles. The van der Waals surface area contributed by atoms with Gasteiger partial charge in [0.25, 0.3) is 0 Å². The van der Waals surface area contributed by atoms with Crippen LogP contribution in [0.15, 0.2) is 22.7 Å². The SMILES string of the molecule is N#Cc1ccc(NC2CCCCC2C(=O)O)c(Br)c1. The van der Waals surface area contributed by atoms with Gasteiger partial charge in [0, 0.05) is 16.2 Å². The third-order valence-corrected chi connectivity index (χ3v) is 4.18. The van der Waals surface area contributed by atoms with Crippen molar-refractivity contribution in [1.82, 2.24) is 0 Å². The maximum Gasteiger partial charge on any atom is 0.308 e. The molecule has 0 amide bonds. The lowest BCUT2D eigenvalue weighted by molar-refractivity contribution is -0.143. The maximum absolute atomic E-state index is 11.2. The van der Waals surface area contributed by atoms with Crippen molar-refractivity contribution in [1.29, 1.82) is 5.26 Å². The molecule has 1 aliphatic rings. The zero-order chi connectivity index (χ0) is 13.8. The molecule has 0 aromatic heterocycles. The van der Waals surface area contributed by atoms with E-state index < -0.39 is 5.97 Å². The van der Waals surface area contributed by atoms with Crippen LogP contribution < -0.4 is 5.32 Å². The number of nitrogens with zero attached hydrogens (tertiary/aromatic N) is 1. The maximum atomic E-state index is 11.2. The number of carbonyl (C=O) groups is 1. The summed E-state index contributed by atoms with van der Waals surface area (Å²) in [7, 11) is 0. The standard InChI is InChI=1S/C14H15BrN2O2/c15-11-7-9(8-16)5-6-13(11)17-12-4-2-1-3-10(12)14(18)19/h5-7,10,12,17H,1-4H2,(H,18,19). The highest BCUT2D eigenvalue weighted by molar-refractivity contribution is 9.10. The zero-order valence-electron chi connectivity index (χ0n) is 10.4. The molecular weight excluding hydrogens is 308 g/mol. The highest BCUT2D eigenvalue weighted by Gasteiger charge is 2.30. The highest BCUT2D eigenvalue weighted by atomic mass is 79.9. The Morgan fingerprint density at radius 1 is 1.42 bits per heavy atom. The molecule has 2 N–H and O–H groups in total. The van der Waals surface area contributed by atoms with E-state index in [0.29, 0.717) is 5.56 Å². The van der Waals surface area contributed by atoms with E-state index in [2.05, 4.69) is 27.3 Å². The predicted molar refractivity (Wildman–Crippen MR) is 75.9 cm³/mol. The number of benzene rings is 1. The molecule has 2 atom stereocenters. The summed E-state index contributed by atoms with van der Waals surface area (Å²) in [5.41, 5.74) is 1.42. The number of hydrogen-bond acceptors (Lipinski definition) is 3. The molecule has 2 unspecified atom stereocenters. The predicted octanol–water partition coefficient (Wildman–Crippen LogP) is 3.38. The second-order valence-electron chi connectivity index (χ2n) is 4.79. The molecule has 1 saturated carbocycles. The Balaban J connectivity index is 2.15. The Morgan fingerprint density at radius 3 is 2.79 bits per heavy atom. The number of carboxylic acids is 1. The van der Waals surface area contributed by atoms with E-state index in [-0.39, 0.29) is 12.0 Å². The first kappa shape index (κ1) is 13.9. The lowest BCUT2D eigenvalue weighted by Gasteiger charge is -2.30. The summed E-state index contributed by atoms with van der Waals surface area (Å²) in [4.78, 5) is 11.2. The first-order valence-electron chi connectivity index (χ1n) is 6.31. The van der Waals surface area contributed by atoms with Crippen molar-refractivity contribution in [2.24, 2.45) is 5.92 Å². The molecule has 19 heavy (non-hydrogen) atoms. The van der Waals surface area contributed by atoms with Crippen LogP contribution in [0.4, 0.5) is 5.69 Å². The van der Waals surface area contributed by atoms with E-state index in [9.17, 15) is 9.90 Å². The Labute approximate surface area is 120 Å². The lowest BCUT2D eigenvalue weighted by atomic mass is 9.84. The van der Waals surface area contributed by atoms with Crippen molar-refractivity contribution in [2.75, 3.05) is 5.32 Å². The molecule has 0 heterocycles. The molecule has 1 aromatic rings. The van der Waals surface area contributed by atoms with Crippen LogP contribution >= 0.6 is 15.9 Å². The molecule has 0 aliphatic heterocycles. The van der Waals surface area contributed by atoms with E-state index in [0.717, 1.165) is 35.8 Å². The summed E-state index contributed by atoms with van der Waals surface area (Å²) in [6.07, 6.45) is 3.61. The minimum Gasteiger partial charge on any atom is -0.481 e. The molecular formula is C14H15BrN2O2. The number of anilines is 1. The normalized spacial score (nSPS) is 22.5. The number of rotatable bonds is 3. The van der Waals surface area contributed by atoms with Gasteiger partial charge < -0.3 is 10.4 Å². The highest BCUT2D eigenvalue weighted by Crippen LogP contribution is 2.30. The molecule has 4 nitrogen and oxygen atoms in total. The van der Waals surface area contributed by atoms with Gasteiger partial charge in [0.2, 0.25) is 0 Å². The van der Waals surface area contributed by atoms with Crippen molar-refractivity contribution in [3.63, 3.8) is 0 Å². The third kappa shape index (κ3) is 3.27. The van der Waals surface area contributed by atoms with E-state index in [1.807, 2.05) is 6.07 Å². The van der Waals surface area contributed by atoms with Crippen molar-refractivity contribution < 1.29 is 9.90 Å². The zero-order valence-corrected chi connectivity index (χ0v) is 12.0. The fourth-order valence-corrected chi connectivity index (χ4v) is 2.99. The van der Waals surface area contributed by atoms with Crippen molar-refractivity contribution in [2.45, 2.75) is 31.7 Å². The molecule has 100 valence electrons. The summed E-state index contributed by atoms with van der Waals surface area (Å²) in [6.45, 7) is 0. The van der Waals surface area contributed by atoms with Crippen LogP contribution in [0.25, 0.3) is 0 Å². The van der Waals surface area contributed by atoms with Crippen LogP contribution in [0.1, 0.15) is 31.2 Å². The second-order valence-corrected chi connectivity index (χ2v) is 5.64. The average molecular weight is 323 g/mol. The quantitative estimate of drug-likeness (QED) is 0.894. The average Bonchev–Trinajstić information content (AvgIpc) is 2.41. The Hall–Kier alpha value is -1.54. The van der Waals surface area contributed by atoms with Gasteiger partial charge in [0.05, 0.1) is 17.6 Å². The van der Waals surface area contributed by atoms with Gasteiger partial charge in [0.15, 0.2) is 0 Å². The molecule has 1 fully saturated rings. The Bertz CT molecular complexity index is 525. The summed E-state index contributed by atoms with van der Waals surface area (Å²) in [5.74, 6) is -1.07. The first-order valence-corrected chi connectivity index (χ1v) is 7.10. The van der Waals surface area contributed by atoms with Gasteiger partial charge in [-0.3, -0.25) is 4.79 Å².